The number of anilines is 1. The van der Waals surface area contributed by atoms with Gasteiger partial charge in [-0.15, -0.1) is 5.10 Å². The van der Waals surface area contributed by atoms with E-state index in [-0.39, 0.29) is 23.0 Å². The van der Waals surface area contributed by atoms with Gasteiger partial charge >= 0.3 is 6.18 Å². The normalized spacial score (nSPS) is 16.9. The molecular weight excluding hydrogens is 449 g/mol. The number of alkyl halides is 3. The van der Waals surface area contributed by atoms with Crippen molar-refractivity contribution < 1.29 is 22.7 Å². The molecule has 34 heavy (non-hydrogen) atoms. The highest BCUT2D eigenvalue weighted by atomic mass is 19.4. The molecule has 8 nitrogen and oxygen atoms in total. The first kappa shape index (κ1) is 21.9. The van der Waals surface area contributed by atoms with Crippen LogP contribution in [-0.4, -0.2) is 45.2 Å². The van der Waals surface area contributed by atoms with Crippen LogP contribution in [0, 0.1) is 0 Å². The summed E-state index contributed by atoms with van der Waals surface area (Å²) in [5.74, 6) is -0.0292. The molecule has 5 rings (SSSR count). The van der Waals surface area contributed by atoms with Crippen molar-refractivity contribution >= 4 is 28.4 Å². The van der Waals surface area contributed by atoms with Gasteiger partial charge in [-0.25, -0.2) is 9.97 Å². The smallest absolute Gasteiger partial charge is 0.419 e. The number of rotatable bonds is 4. The summed E-state index contributed by atoms with van der Waals surface area (Å²) in [5, 5.41) is 11.2. The number of methoxy groups -OCH3 is 1. The standard InChI is InChI=1S/C23H21F3N6O2/c1-34-18-10-9-13(12-15(18)23(24,25)26)19-30-20-14-6-2-3-7-16(14)28-22(32(20)31-19)29-17-8-4-5-11-27-21(17)33/h2-3,6-7,9-10,12,17H,4-5,8,11H2,1H3,(H,27,33)(H,28,29)/t17-/m1/s1. The zero-order valence-electron chi connectivity index (χ0n) is 18.2. The van der Waals surface area contributed by atoms with Crippen LogP contribution in [0.2, 0.25) is 0 Å². The lowest BCUT2D eigenvalue weighted by Crippen LogP contribution is -2.38. The Kier molecular flexibility index (Phi) is 5.46. The maximum atomic E-state index is 13.6. The minimum atomic E-state index is -4.60. The number of hydrogen-bond donors (Lipinski definition) is 2. The molecule has 0 bridgehead atoms. The fraction of sp³-hybridized carbons (Fsp3) is 0.304. The minimum absolute atomic E-state index is 0.0969. The monoisotopic (exact) mass is 470 g/mol. The third-order valence-corrected chi connectivity index (χ3v) is 5.78. The number of benzene rings is 2. The third-order valence-electron chi connectivity index (χ3n) is 5.78. The Bertz CT molecular complexity index is 1380. The fourth-order valence-corrected chi connectivity index (χ4v) is 4.07. The van der Waals surface area contributed by atoms with Gasteiger partial charge in [0.25, 0.3) is 0 Å². The van der Waals surface area contributed by atoms with Gasteiger partial charge < -0.3 is 15.4 Å². The first-order valence-corrected chi connectivity index (χ1v) is 10.8. The molecule has 3 heterocycles. The van der Waals surface area contributed by atoms with E-state index in [1.165, 1.54) is 23.8 Å². The molecule has 0 aliphatic carbocycles. The van der Waals surface area contributed by atoms with Crippen LogP contribution in [0.5, 0.6) is 5.75 Å². The summed E-state index contributed by atoms with van der Waals surface area (Å²) in [5.41, 5.74) is 0.305. The van der Waals surface area contributed by atoms with Crippen molar-refractivity contribution in [3.63, 3.8) is 0 Å². The van der Waals surface area contributed by atoms with E-state index in [1.807, 2.05) is 18.2 Å². The van der Waals surface area contributed by atoms with Crippen molar-refractivity contribution in [2.75, 3.05) is 19.0 Å². The Morgan fingerprint density at radius 1 is 1.15 bits per heavy atom. The number of para-hydroxylation sites is 1. The molecule has 2 aromatic carbocycles. The van der Waals surface area contributed by atoms with Crippen LogP contribution in [0.4, 0.5) is 19.1 Å². The largest absolute Gasteiger partial charge is 0.496 e. The van der Waals surface area contributed by atoms with Crippen LogP contribution < -0.4 is 15.4 Å². The molecule has 1 aliphatic rings. The summed E-state index contributed by atoms with van der Waals surface area (Å²) in [6, 6.07) is 10.4. The summed E-state index contributed by atoms with van der Waals surface area (Å²) >= 11 is 0. The second-order valence-electron chi connectivity index (χ2n) is 8.02. The van der Waals surface area contributed by atoms with Gasteiger partial charge in [-0.2, -0.15) is 17.7 Å². The zero-order valence-corrected chi connectivity index (χ0v) is 18.2. The molecular formula is C23H21F3N6O2. The number of fused-ring (bicyclic) bond motifs is 3. The Balaban J connectivity index is 1.65. The quantitative estimate of drug-likeness (QED) is 0.468. The van der Waals surface area contributed by atoms with E-state index in [0.717, 1.165) is 18.9 Å². The van der Waals surface area contributed by atoms with Gasteiger partial charge in [0.1, 0.15) is 11.8 Å². The van der Waals surface area contributed by atoms with E-state index >= 15 is 0 Å². The molecule has 176 valence electrons. The number of hydrogen-bond acceptors (Lipinski definition) is 6. The molecule has 0 spiro atoms. The molecule has 0 radical (unpaired) electrons. The molecule has 1 fully saturated rings. The van der Waals surface area contributed by atoms with Gasteiger partial charge in [0.05, 0.1) is 18.2 Å². The molecule has 0 saturated carbocycles. The highest BCUT2D eigenvalue weighted by Crippen LogP contribution is 2.38. The summed E-state index contributed by atoms with van der Waals surface area (Å²) in [6.07, 6.45) is -2.23. The van der Waals surface area contributed by atoms with Crippen LogP contribution in [0.3, 0.4) is 0 Å². The predicted molar refractivity (Wildman–Crippen MR) is 120 cm³/mol. The van der Waals surface area contributed by atoms with E-state index in [0.29, 0.717) is 35.5 Å². The minimum Gasteiger partial charge on any atom is -0.496 e. The lowest BCUT2D eigenvalue weighted by molar-refractivity contribution is -0.138. The molecule has 1 aliphatic heterocycles. The van der Waals surface area contributed by atoms with Crippen molar-refractivity contribution in [1.29, 1.82) is 0 Å². The molecule has 1 saturated heterocycles. The number of amides is 1. The summed E-state index contributed by atoms with van der Waals surface area (Å²) in [6.45, 7) is 0.615. The topological polar surface area (TPSA) is 93.4 Å². The zero-order chi connectivity index (χ0) is 23.9. The average Bonchev–Trinajstić information content (AvgIpc) is 3.18. The van der Waals surface area contributed by atoms with E-state index in [9.17, 15) is 18.0 Å². The van der Waals surface area contributed by atoms with Gasteiger partial charge in [-0.1, -0.05) is 12.1 Å². The number of ether oxygens (including phenoxy) is 1. The lowest BCUT2D eigenvalue weighted by Gasteiger charge is -2.16. The van der Waals surface area contributed by atoms with Gasteiger partial charge in [-0.3, -0.25) is 4.79 Å². The van der Waals surface area contributed by atoms with Crippen molar-refractivity contribution in [3.8, 4) is 17.1 Å². The molecule has 0 unspecified atom stereocenters. The van der Waals surface area contributed by atoms with Crippen molar-refractivity contribution in [3.05, 3.63) is 48.0 Å². The summed E-state index contributed by atoms with van der Waals surface area (Å²) in [7, 11) is 1.19. The Labute approximate surface area is 192 Å². The molecule has 1 amide bonds. The number of aromatic nitrogens is 4. The highest BCUT2D eigenvalue weighted by molar-refractivity contribution is 5.93. The number of nitrogens with one attached hydrogen (secondary N) is 2. The number of carbonyl (C=O) groups excluding carboxylic acids is 1. The van der Waals surface area contributed by atoms with Crippen LogP contribution in [0.25, 0.3) is 27.9 Å². The maximum Gasteiger partial charge on any atom is 0.419 e. The Hall–Kier alpha value is -3.89. The van der Waals surface area contributed by atoms with Crippen molar-refractivity contribution in [2.45, 2.75) is 31.5 Å². The number of halogens is 3. The Morgan fingerprint density at radius 2 is 1.97 bits per heavy atom. The van der Waals surface area contributed by atoms with E-state index in [4.69, 9.17) is 4.74 Å². The first-order valence-electron chi connectivity index (χ1n) is 10.8. The van der Waals surface area contributed by atoms with Crippen LogP contribution in [0.1, 0.15) is 24.8 Å². The number of carbonyl (C=O) groups is 1. The molecule has 4 aromatic rings. The molecule has 2 N–H and O–H groups in total. The SMILES string of the molecule is COc1ccc(-c2nc3c4ccccc4nc(N[C@@H]4CCCCNC4=O)n3n2)cc1C(F)(F)F. The summed E-state index contributed by atoms with van der Waals surface area (Å²) in [4.78, 5) is 21.6. The van der Waals surface area contributed by atoms with E-state index in [1.54, 1.807) is 6.07 Å². The van der Waals surface area contributed by atoms with Crippen LogP contribution in [0.15, 0.2) is 42.5 Å². The van der Waals surface area contributed by atoms with Crippen molar-refractivity contribution in [1.82, 2.24) is 24.9 Å². The van der Waals surface area contributed by atoms with E-state index in [2.05, 4.69) is 25.7 Å². The summed E-state index contributed by atoms with van der Waals surface area (Å²) < 4.78 is 47.0. The third kappa shape index (κ3) is 3.97. The molecule has 11 heteroatoms. The number of nitrogens with zero attached hydrogens (tertiary/aromatic N) is 4. The van der Waals surface area contributed by atoms with E-state index < -0.39 is 17.8 Å². The van der Waals surface area contributed by atoms with Crippen LogP contribution in [-0.2, 0) is 11.0 Å². The fourth-order valence-electron chi connectivity index (χ4n) is 4.07. The van der Waals surface area contributed by atoms with Gasteiger partial charge in [0.2, 0.25) is 11.9 Å². The van der Waals surface area contributed by atoms with Gasteiger partial charge in [0.15, 0.2) is 11.5 Å². The second-order valence-corrected chi connectivity index (χ2v) is 8.02. The van der Waals surface area contributed by atoms with Crippen LogP contribution >= 0.6 is 0 Å². The average molecular weight is 470 g/mol. The maximum absolute atomic E-state index is 13.6. The second kappa shape index (κ2) is 8.47. The van der Waals surface area contributed by atoms with Crippen molar-refractivity contribution in [2.24, 2.45) is 0 Å². The van der Waals surface area contributed by atoms with Gasteiger partial charge in [0, 0.05) is 17.5 Å². The molecule has 2 aromatic heterocycles. The first-order chi connectivity index (χ1) is 16.3. The van der Waals surface area contributed by atoms with Gasteiger partial charge in [-0.05, 0) is 49.6 Å². The predicted octanol–water partition coefficient (Wildman–Crippen LogP) is 4.05. The highest BCUT2D eigenvalue weighted by Gasteiger charge is 2.35. The molecule has 1 atom stereocenters. The Morgan fingerprint density at radius 3 is 2.76 bits per heavy atom. The lowest BCUT2D eigenvalue weighted by atomic mass is 10.1.